The van der Waals surface area contributed by atoms with E-state index >= 15 is 0 Å². The maximum Gasteiger partial charge on any atom is 0.251 e. The smallest absolute Gasteiger partial charge is 0.251 e. The summed E-state index contributed by atoms with van der Waals surface area (Å²) in [4.78, 5) is 12.3. The van der Waals surface area contributed by atoms with Crippen LogP contribution in [-0.2, 0) is 6.42 Å². The lowest BCUT2D eigenvalue weighted by molar-refractivity contribution is 0.0934. The molecule has 23 heavy (non-hydrogen) atoms. The predicted molar refractivity (Wildman–Crippen MR) is 83.1 cm³/mol. The van der Waals surface area contributed by atoms with Crippen molar-refractivity contribution in [2.24, 2.45) is 0 Å². The SMILES string of the molecule is CCc1cc(C(C)NC(=O)c2ccc(-n3cnnc3)cc2)on1. The van der Waals surface area contributed by atoms with Gasteiger partial charge >= 0.3 is 0 Å². The fraction of sp³-hybridized carbons (Fsp3) is 0.250. The van der Waals surface area contributed by atoms with Crippen LogP contribution in [0.1, 0.15) is 41.7 Å². The van der Waals surface area contributed by atoms with Crippen molar-refractivity contribution in [2.75, 3.05) is 0 Å². The molecule has 7 heteroatoms. The minimum Gasteiger partial charge on any atom is -0.359 e. The molecule has 0 saturated carbocycles. The van der Waals surface area contributed by atoms with E-state index in [2.05, 4.69) is 20.7 Å². The van der Waals surface area contributed by atoms with Gasteiger partial charge in [0.2, 0.25) is 0 Å². The molecule has 2 heterocycles. The normalized spacial score (nSPS) is 12.1. The average Bonchev–Trinajstić information content (AvgIpc) is 3.26. The van der Waals surface area contributed by atoms with Gasteiger partial charge in [-0.1, -0.05) is 12.1 Å². The number of aromatic nitrogens is 4. The maximum atomic E-state index is 12.3. The van der Waals surface area contributed by atoms with Crippen LogP contribution < -0.4 is 5.32 Å². The summed E-state index contributed by atoms with van der Waals surface area (Å²) < 4.78 is 7.01. The van der Waals surface area contributed by atoms with E-state index in [1.807, 2.05) is 32.0 Å². The molecule has 3 aromatic rings. The van der Waals surface area contributed by atoms with E-state index in [1.165, 1.54) is 0 Å². The molecule has 0 fully saturated rings. The summed E-state index contributed by atoms with van der Waals surface area (Å²) in [6, 6.07) is 8.82. The van der Waals surface area contributed by atoms with Crippen molar-refractivity contribution in [2.45, 2.75) is 26.3 Å². The fourth-order valence-electron chi connectivity index (χ4n) is 2.17. The van der Waals surface area contributed by atoms with Gasteiger partial charge < -0.3 is 9.84 Å². The molecule has 1 amide bonds. The molecule has 2 aromatic heterocycles. The van der Waals surface area contributed by atoms with Crippen LogP contribution in [0.15, 0.2) is 47.5 Å². The molecule has 1 aromatic carbocycles. The van der Waals surface area contributed by atoms with Gasteiger partial charge in [0.05, 0.1) is 11.7 Å². The van der Waals surface area contributed by atoms with Crippen LogP contribution in [0.3, 0.4) is 0 Å². The number of aryl methyl sites for hydroxylation is 1. The monoisotopic (exact) mass is 311 g/mol. The average molecular weight is 311 g/mol. The van der Waals surface area contributed by atoms with E-state index in [0.717, 1.165) is 17.8 Å². The van der Waals surface area contributed by atoms with Crippen LogP contribution in [0.2, 0.25) is 0 Å². The number of nitrogens with zero attached hydrogens (tertiary/aromatic N) is 4. The van der Waals surface area contributed by atoms with Gasteiger partial charge in [0.25, 0.3) is 5.91 Å². The van der Waals surface area contributed by atoms with Crippen LogP contribution >= 0.6 is 0 Å². The van der Waals surface area contributed by atoms with E-state index < -0.39 is 0 Å². The molecule has 0 saturated heterocycles. The second kappa shape index (κ2) is 6.43. The van der Waals surface area contributed by atoms with Crippen molar-refractivity contribution < 1.29 is 9.32 Å². The van der Waals surface area contributed by atoms with Crippen molar-refractivity contribution >= 4 is 5.91 Å². The molecule has 0 aliphatic heterocycles. The molecule has 1 unspecified atom stereocenters. The van der Waals surface area contributed by atoms with E-state index in [0.29, 0.717) is 11.3 Å². The van der Waals surface area contributed by atoms with Gasteiger partial charge in [-0.15, -0.1) is 10.2 Å². The maximum absolute atomic E-state index is 12.3. The van der Waals surface area contributed by atoms with Gasteiger partial charge in [-0.2, -0.15) is 0 Å². The van der Waals surface area contributed by atoms with Crippen molar-refractivity contribution in [3.8, 4) is 5.69 Å². The Bertz CT molecular complexity index is 777. The highest BCUT2D eigenvalue weighted by molar-refractivity contribution is 5.94. The third-order valence-corrected chi connectivity index (χ3v) is 3.56. The first-order valence-electron chi connectivity index (χ1n) is 7.38. The zero-order chi connectivity index (χ0) is 16.2. The first kappa shape index (κ1) is 15.0. The van der Waals surface area contributed by atoms with Gasteiger partial charge in [-0.05, 0) is 37.6 Å². The summed E-state index contributed by atoms with van der Waals surface area (Å²) in [5, 5.41) is 14.3. The Labute approximate surface area is 133 Å². The molecule has 0 aliphatic rings. The topological polar surface area (TPSA) is 85.8 Å². The molecule has 1 atom stereocenters. The number of amides is 1. The number of hydrogen-bond acceptors (Lipinski definition) is 5. The van der Waals surface area contributed by atoms with Crippen molar-refractivity contribution in [1.29, 1.82) is 0 Å². The molecule has 7 nitrogen and oxygen atoms in total. The van der Waals surface area contributed by atoms with Gasteiger partial charge in [0.1, 0.15) is 12.7 Å². The number of carbonyl (C=O) groups is 1. The number of benzene rings is 1. The van der Waals surface area contributed by atoms with Crippen molar-refractivity contribution in [3.63, 3.8) is 0 Å². The Morgan fingerprint density at radius 1 is 1.26 bits per heavy atom. The molecular formula is C16H17N5O2. The van der Waals surface area contributed by atoms with Gasteiger partial charge in [-0.3, -0.25) is 9.36 Å². The first-order chi connectivity index (χ1) is 11.2. The Morgan fingerprint density at radius 2 is 1.96 bits per heavy atom. The summed E-state index contributed by atoms with van der Waals surface area (Å²) in [5.41, 5.74) is 2.34. The molecule has 0 radical (unpaired) electrons. The Balaban J connectivity index is 1.68. The predicted octanol–water partition coefficient (Wildman–Crippen LogP) is 2.31. The lowest BCUT2D eigenvalue weighted by Gasteiger charge is -2.11. The largest absolute Gasteiger partial charge is 0.359 e. The number of carbonyl (C=O) groups excluding carboxylic acids is 1. The van der Waals surface area contributed by atoms with Gasteiger partial charge in [0, 0.05) is 17.3 Å². The van der Waals surface area contributed by atoms with Gasteiger partial charge in [0.15, 0.2) is 5.76 Å². The molecule has 1 N–H and O–H groups in total. The Hall–Kier alpha value is -2.96. The third-order valence-electron chi connectivity index (χ3n) is 3.56. The molecule has 0 spiro atoms. The third kappa shape index (κ3) is 3.28. The summed E-state index contributed by atoms with van der Waals surface area (Å²) in [7, 11) is 0. The number of rotatable bonds is 5. The van der Waals surface area contributed by atoms with Crippen LogP contribution in [0, 0.1) is 0 Å². The Kier molecular flexibility index (Phi) is 4.18. The molecule has 0 bridgehead atoms. The van der Waals surface area contributed by atoms with Crippen molar-refractivity contribution in [3.05, 3.63) is 60.0 Å². The van der Waals surface area contributed by atoms with Crippen LogP contribution in [0.4, 0.5) is 0 Å². The first-order valence-corrected chi connectivity index (χ1v) is 7.38. The fourth-order valence-corrected chi connectivity index (χ4v) is 2.17. The standard InChI is InChI=1S/C16H17N5O2/c1-3-13-8-15(23-20-13)11(2)19-16(22)12-4-6-14(7-5-12)21-9-17-18-10-21/h4-11H,3H2,1-2H3,(H,19,22). The highest BCUT2D eigenvalue weighted by Crippen LogP contribution is 2.15. The van der Waals surface area contributed by atoms with Crippen LogP contribution in [0.25, 0.3) is 5.69 Å². The van der Waals surface area contributed by atoms with Crippen LogP contribution in [-0.4, -0.2) is 25.8 Å². The van der Waals surface area contributed by atoms with E-state index in [4.69, 9.17) is 4.52 Å². The summed E-state index contributed by atoms with van der Waals surface area (Å²) in [6.45, 7) is 3.87. The molecule has 3 rings (SSSR count). The molecule has 0 aliphatic carbocycles. The van der Waals surface area contributed by atoms with E-state index in [1.54, 1.807) is 29.4 Å². The summed E-state index contributed by atoms with van der Waals surface area (Å²) in [5.74, 6) is 0.485. The minimum atomic E-state index is -0.243. The zero-order valence-corrected chi connectivity index (χ0v) is 12.9. The highest BCUT2D eigenvalue weighted by Gasteiger charge is 2.15. The van der Waals surface area contributed by atoms with Crippen molar-refractivity contribution in [1.82, 2.24) is 25.2 Å². The second-order valence-electron chi connectivity index (χ2n) is 5.19. The molecule has 118 valence electrons. The zero-order valence-electron chi connectivity index (χ0n) is 12.9. The van der Waals surface area contributed by atoms with E-state index in [-0.39, 0.29) is 11.9 Å². The van der Waals surface area contributed by atoms with Gasteiger partial charge in [-0.25, -0.2) is 0 Å². The summed E-state index contributed by atoms with van der Waals surface area (Å²) in [6.07, 6.45) is 4.01. The Morgan fingerprint density at radius 3 is 2.57 bits per heavy atom. The lowest BCUT2D eigenvalue weighted by atomic mass is 10.1. The highest BCUT2D eigenvalue weighted by atomic mass is 16.5. The minimum absolute atomic E-state index is 0.165. The number of nitrogens with one attached hydrogen (secondary N) is 1. The second-order valence-corrected chi connectivity index (χ2v) is 5.19. The summed E-state index contributed by atoms with van der Waals surface area (Å²) >= 11 is 0. The van der Waals surface area contributed by atoms with E-state index in [9.17, 15) is 4.79 Å². The molecular weight excluding hydrogens is 294 g/mol. The quantitative estimate of drug-likeness (QED) is 0.781. The number of hydrogen-bond donors (Lipinski definition) is 1. The van der Waals surface area contributed by atoms with Crippen LogP contribution in [0.5, 0.6) is 0 Å². The lowest BCUT2D eigenvalue weighted by Crippen LogP contribution is -2.26.